The van der Waals surface area contributed by atoms with Crippen LogP contribution in [0.15, 0.2) is 11.9 Å². The maximum absolute atomic E-state index is 13.4. The van der Waals surface area contributed by atoms with Gasteiger partial charge < -0.3 is 42.6 Å². The third kappa shape index (κ3) is 20.9. The summed E-state index contributed by atoms with van der Waals surface area (Å²) in [5, 5.41) is 9.84. The van der Waals surface area contributed by atoms with Crippen molar-refractivity contribution in [1.82, 2.24) is 41.7 Å². The Labute approximate surface area is 350 Å². The van der Waals surface area contributed by atoms with Crippen molar-refractivity contribution in [2.24, 2.45) is 17.4 Å². The fourth-order valence-corrected chi connectivity index (χ4v) is 7.19. The number of carbonyl (C=O) groups is 8. The highest BCUT2D eigenvalue weighted by molar-refractivity contribution is 5.94. The summed E-state index contributed by atoms with van der Waals surface area (Å²) < 4.78 is 0. The first-order valence-corrected chi connectivity index (χ1v) is 21.6. The van der Waals surface area contributed by atoms with Gasteiger partial charge in [0.25, 0.3) is 0 Å². The van der Waals surface area contributed by atoms with E-state index in [4.69, 9.17) is 11.5 Å². The van der Waals surface area contributed by atoms with E-state index in [0.29, 0.717) is 37.7 Å². The van der Waals surface area contributed by atoms with Crippen molar-refractivity contribution in [3.8, 4) is 0 Å². The highest BCUT2D eigenvalue weighted by atomic mass is 16.2. The summed E-state index contributed by atoms with van der Waals surface area (Å²) in [6, 6.07) is -1.33. The minimum Gasteiger partial charge on any atom is -0.368 e. The highest BCUT2D eigenvalue weighted by Gasteiger charge is 2.25. The molecule has 0 radical (unpaired) electrons. The number of primary amides is 1. The van der Waals surface area contributed by atoms with Crippen molar-refractivity contribution >= 4 is 46.9 Å². The predicted octanol–water partition coefficient (Wildman–Crippen LogP) is 0.840. The third-order valence-electron chi connectivity index (χ3n) is 10.8. The van der Waals surface area contributed by atoms with Gasteiger partial charge >= 0.3 is 0 Å². The van der Waals surface area contributed by atoms with Crippen LogP contribution in [0.1, 0.15) is 130 Å². The van der Waals surface area contributed by atoms with Gasteiger partial charge in [-0.05, 0) is 78.9 Å². The minimum atomic E-state index is -0.860. The van der Waals surface area contributed by atoms with E-state index in [0.717, 1.165) is 58.0 Å². The Balaban J connectivity index is 1.86. The lowest BCUT2D eigenvalue weighted by molar-refractivity contribution is -0.135. The molecule has 0 saturated heterocycles. The lowest BCUT2D eigenvalue weighted by Gasteiger charge is -2.25. The molecule has 1 fully saturated rings. The summed E-state index contributed by atoms with van der Waals surface area (Å²) in [5.41, 5.74) is 17.5. The zero-order chi connectivity index (χ0) is 43.7. The Morgan fingerprint density at radius 3 is 2.15 bits per heavy atom. The fourth-order valence-electron chi connectivity index (χ4n) is 7.19. The van der Waals surface area contributed by atoms with Crippen molar-refractivity contribution in [2.75, 3.05) is 45.8 Å². The number of ketones is 3. The highest BCUT2D eigenvalue weighted by Crippen LogP contribution is 2.25. The van der Waals surface area contributed by atoms with Crippen molar-refractivity contribution in [2.45, 2.75) is 149 Å². The van der Waals surface area contributed by atoms with E-state index < -0.39 is 35.7 Å². The van der Waals surface area contributed by atoms with Crippen LogP contribution in [0.5, 0.6) is 0 Å². The molecule has 1 heterocycles. The summed E-state index contributed by atoms with van der Waals surface area (Å²) in [7, 11) is 0. The van der Waals surface area contributed by atoms with E-state index in [2.05, 4.69) is 52.6 Å². The molecule has 0 unspecified atom stereocenters. The van der Waals surface area contributed by atoms with Crippen LogP contribution in [0, 0.1) is 5.92 Å². The second-order valence-electron chi connectivity index (χ2n) is 15.9. The van der Waals surface area contributed by atoms with Crippen LogP contribution in [0.2, 0.25) is 0 Å². The van der Waals surface area contributed by atoms with Crippen LogP contribution in [-0.2, 0) is 38.4 Å². The standard InChI is InChI=1S/C41H72N10O8/c1-5-49(29(2)3)24-10-9-14-33(46-40(58)19-15-34(52)30(4)45-39(57)20-16-35(53)31-12-7-6-8-13-31)36(54)17-18-38(56)44-23-21-41(59)50(28-37(43)55)26-32-27-51(48-47-32)25-11-22-42/h27,29-31,33,47-48H,5-26,28,42H2,1-4H3,(H2,43,55)(H,44,56)(H,45,57)(H,46,58)/t30-,33-/m0/s1. The maximum atomic E-state index is 13.4. The summed E-state index contributed by atoms with van der Waals surface area (Å²) >= 11 is 0. The lowest BCUT2D eigenvalue weighted by atomic mass is 9.85. The van der Waals surface area contributed by atoms with E-state index in [-0.39, 0.29) is 93.8 Å². The number of Topliss-reactive ketones (excluding diaryl/α,β-unsaturated/α-hetero) is 3. The molecule has 59 heavy (non-hydrogen) atoms. The second kappa shape index (κ2) is 28.1. The molecule has 1 aliphatic carbocycles. The summed E-state index contributed by atoms with van der Waals surface area (Å²) in [6.07, 6.45) is 8.66. The molecule has 0 aromatic heterocycles. The van der Waals surface area contributed by atoms with Crippen LogP contribution >= 0.6 is 0 Å². The molecule has 2 rings (SSSR count). The lowest BCUT2D eigenvalue weighted by Crippen LogP contribution is -2.43. The smallest absolute Gasteiger partial charge is 0.237 e. The molecule has 334 valence electrons. The Hall–Kier alpha value is -4.42. The molecule has 0 aromatic carbocycles. The number of rotatable bonds is 31. The van der Waals surface area contributed by atoms with Gasteiger partial charge in [0.1, 0.15) is 5.78 Å². The summed E-state index contributed by atoms with van der Waals surface area (Å²) in [4.78, 5) is 105. The maximum Gasteiger partial charge on any atom is 0.237 e. The van der Waals surface area contributed by atoms with Crippen LogP contribution in [0.3, 0.4) is 0 Å². The Morgan fingerprint density at radius 1 is 0.831 bits per heavy atom. The first-order chi connectivity index (χ1) is 28.1. The van der Waals surface area contributed by atoms with Gasteiger partial charge in [-0.1, -0.05) is 26.2 Å². The molecule has 0 bridgehead atoms. The Bertz CT molecular complexity index is 1430. The average Bonchev–Trinajstić information content (AvgIpc) is 3.66. The van der Waals surface area contributed by atoms with Gasteiger partial charge in [-0.2, -0.15) is 0 Å². The molecule has 18 heteroatoms. The number of nitrogens with one attached hydrogen (secondary N) is 5. The van der Waals surface area contributed by atoms with E-state index >= 15 is 0 Å². The quantitative estimate of drug-likeness (QED) is 0.0479. The largest absolute Gasteiger partial charge is 0.368 e. The number of unbranched alkanes of at least 4 members (excludes halogenated alkanes) is 1. The molecular weight excluding hydrogens is 761 g/mol. The molecule has 2 aliphatic rings. The minimum absolute atomic E-state index is 0.0142. The van der Waals surface area contributed by atoms with Crippen LogP contribution in [-0.4, -0.2) is 126 Å². The number of carbonyl (C=O) groups excluding carboxylic acids is 8. The number of nitrogens with zero attached hydrogens (tertiary/aromatic N) is 3. The van der Waals surface area contributed by atoms with E-state index in [1.54, 1.807) is 18.1 Å². The van der Waals surface area contributed by atoms with Gasteiger partial charge in [0.2, 0.25) is 29.5 Å². The molecule has 1 saturated carbocycles. The zero-order valence-corrected chi connectivity index (χ0v) is 35.9. The van der Waals surface area contributed by atoms with Crippen LogP contribution < -0.4 is 38.4 Å². The number of hydrogen-bond donors (Lipinski definition) is 7. The fraction of sp³-hybridized carbons (Fsp3) is 0.756. The van der Waals surface area contributed by atoms with E-state index in [9.17, 15) is 38.4 Å². The van der Waals surface area contributed by atoms with Gasteiger partial charge in [0.15, 0.2) is 11.6 Å². The average molecular weight is 833 g/mol. The van der Waals surface area contributed by atoms with Crippen molar-refractivity contribution in [1.29, 1.82) is 0 Å². The Kier molecular flexibility index (Phi) is 24.2. The molecule has 18 nitrogen and oxygen atoms in total. The van der Waals surface area contributed by atoms with Crippen LogP contribution in [0.4, 0.5) is 0 Å². The van der Waals surface area contributed by atoms with Gasteiger partial charge in [0, 0.05) is 76.2 Å². The molecule has 2 atom stereocenters. The summed E-state index contributed by atoms with van der Waals surface area (Å²) in [6.45, 7) is 10.5. The molecule has 0 aromatic rings. The first-order valence-electron chi connectivity index (χ1n) is 21.6. The monoisotopic (exact) mass is 833 g/mol. The predicted molar refractivity (Wildman–Crippen MR) is 223 cm³/mol. The van der Waals surface area contributed by atoms with Gasteiger partial charge in [0.05, 0.1) is 30.9 Å². The van der Waals surface area contributed by atoms with Gasteiger partial charge in [-0.3, -0.25) is 43.4 Å². The number of nitrogens with two attached hydrogens (primary N) is 2. The number of hydrazine groups is 2. The molecule has 0 spiro atoms. The second-order valence-corrected chi connectivity index (χ2v) is 15.9. The SMILES string of the molecule is CCN(CCCC[C@H](NC(=O)CCC(=O)[C@H](C)NC(=O)CCC(=O)C1CCCCC1)C(=O)CCC(=O)NCCC(=O)N(CC(N)=O)CC1=CN(CCCN)NN1)C(C)C. The van der Waals surface area contributed by atoms with Crippen molar-refractivity contribution < 1.29 is 38.4 Å². The summed E-state index contributed by atoms with van der Waals surface area (Å²) in [5.74, 6) is -2.97. The van der Waals surface area contributed by atoms with Crippen molar-refractivity contribution in [3.63, 3.8) is 0 Å². The number of amides is 5. The molecule has 9 N–H and O–H groups in total. The molecule has 1 aliphatic heterocycles. The van der Waals surface area contributed by atoms with Crippen molar-refractivity contribution in [3.05, 3.63) is 11.9 Å². The van der Waals surface area contributed by atoms with E-state index in [1.807, 2.05) is 0 Å². The van der Waals surface area contributed by atoms with Gasteiger partial charge in [-0.15, -0.1) is 5.53 Å². The third-order valence-corrected chi connectivity index (χ3v) is 10.8. The topological polar surface area (TPSA) is 258 Å². The molecule has 5 amide bonds. The Morgan fingerprint density at radius 2 is 1.49 bits per heavy atom. The normalized spacial score (nSPS) is 15.2. The first kappa shape index (κ1) is 50.7. The van der Waals surface area contributed by atoms with Gasteiger partial charge in [-0.25, -0.2) is 0 Å². The number of hydrogen-bond acceptors (Lipinski definition) is 13. The molecular formula is C41H72N10O8. The van der Waals surface area contributed by atoms with E-state index in [1.165, 1.54) is 4.90 Å². The van der Waals surface area contributed by atoms with Crippen LogP contribution in [0.25, 0.3) is 0 Å². The zero-order valence-electron chi connectivity index (χ0n) is 35.9.